The third-order valence-electron chi connectivity index (χ3n) is 7.33. The molecular formula is C29H31NO8. The van der Waals surface area contributed by atoms with Crippen LogP contribution < -0.4 is 29.0 Å². The molecule has 0 fully saturated rings. The Bertz CT molecular complexity index is 1290. The molecule has 2 aliphatic rings. The first-order valence-electron chi connectivity index (χ1n) is 12.3. The second kappa shape index (κ2) is 10.8. The Balaban J connectivity index is 1.66. The van der Waals surface area contributed by atoms with Crippen molar-refractivity contribution in [3.05, 3.63) is 76.9 Å². The average molecular weight is 522 g/mol. The molecular weight excluding hydrogens is 490 g/mol. The lowest BCUT2D eigenvalue weighted by molar-refractivity contribution is -0.131. The Morgan fingerprint density at radius 3 is 2.16 bits per heavy atom. The van der Waals surface area contributed by atoms with E-state index in [2.05, 4.69) is 5.32 Å². The van der Waals surface area contributed by atoms with Gasteiger partial charge in [0.05, 0.1) is 33.4 Å². The van der Waals surface area contributed by atoms with E-state index in [1.54, 1.807) is 24.3 Å². The largest absolute Gasteiger partial charge is 0.493 e. The summed E-state index contributed by atoms with van der Waals surface area (Å²) in [5, 5.41) is 24.9. The molecule has 0 aromatic heterocycles. The highest BCUT2D eigenvalue weighted by molar-refractivity contribution is 5.82. The van der Waals surface area contributed by atoms with Crippen LogP contribution in [0.25, 0.3) is 0 Å². The van der Waals surface area contributed by atoms with E-state index in [4.69, 9.17) is 23.7 Å². The fourth-order valence-electron chi connectivity index (χ4n) is 5.50. The number of aliphatic hydroxyl groups excluding tert-OH is 2. The molecule has 3 aromatic carbocycles. The molecule has 0 spiro atoms. The number of carbonyl (C=O) groups is 1. The van der Waals surface area contributed by atoms with Crippen LogP contribution in [0.5, 0.6) is 28.7 Å². The average Bonchev–Trinajstić information content (AvgIpc) is 3.42. The first-order valence-corrected chi connectivity index (χ1v) is 12.3. The highest BCUT2D eigenvalue weighted by Gasteiger charge is 2.47. The fourth-order valence-corrected chi connectivity index (χ4v) is 5.50. The molecule has 1 heterocycles. The third-order valence-corrected chi connectivity index (χ3v) is 7.33. The zero-order chi connectivity index (χ0) is 26.8. The van der Waals surface area contributed by atoms with E-state index in [1.807, 2.05) is 30.3 Å². The van der Waals surface area contributed by atoms with Crippen LogP contribution in [0.1, 0.15) is 34.3 Å². The summed E-state index contributed by atoms with van der Waals surface area (Å²) in [5.41, 5.74) is 2.90. The number of hydrogen-bond acceptors (Lipinski definition) is 8. The van der Waals surface area contributed by atoms with Crippen molar-refractivity contribution in [1.29, 1.82) is 0 Å². The summed E-state index contributed by atoms with van der Waals surface area (Å²) in [6.45, 7) is -0.0344. The minimum atomic E-state index is -1.10. The zero-order valence-corrected chi connectivity index (χ0v) is 21.5. The molecule has 1 aliphatic heterocycles. The van der Waals surface area contributed by atoms with Gasteiger partial charge < -0.3 is 39.2 Å². The molecule has 5 rings (SSSR count). The van der Waals surface area contributed by atoms with Crippen LogP contribution in [0.4, 0.5) is 0 Å². The zero-order valence-electron chi connectivity index (χ0n) is 21.5. The van der Waals surface area contributed by atoms with E-state index in [-0.39, 0.29) is 12.7 Å². The molecule has 0 radical (unpaired) electrons. The number of aliphatic hydroxyl groups is 2. The Hall–Kier alpha value is -3.95. The van der Waals surface area contributed by atoms with E-state index in [0.717, 1.165) is 5.56 Å². The van der Waals surface area contributed by atoms with Gasteiger partial charge in [0.15, 0.2) is 23.0 Å². The number of methoxy groups -OCH3 is 3. The summed E-state index contributed by atoms with van der Waals surface area (Å²) in [7, 11) is 4.57. The summed E-state index contributed by atoms with van der Waals surface area (Å²) in [6.07, 6.45) is -1.10. The monoisotopic (exact) mass is 521 g/mol. The van der Waals surface area contributed by atoms with Gasteiger partial charge in [-0.1, -0.05) is 30.3 Å². The number of fused-ring (bicyclic) bond motifs is 2. The van der Waals surface area contributed by atoms with Gasteiger partial charge in [-0.25, -0.2) is 0 Å². The lowest BCUT2D eigenvalue weighted by atomic mass is 9.64. The van der Waals surface area contributed by atoms with Crippen LogP contribution in [0.15, 0.2) is 54.6 Å². The maximum Gasteiger partial charge on any atom is 0.231 e. The van der Waals surface area contributed by atoms with Gasteiger partial charge in [-0.15, -0.1) is 0 Å². The van der Waals surface area contributed by atoms with Crippen molar-refractivity contribution >= 4 is 5.91 Å². The standard InChI is InChI=1S/C29H31NO8/c1-34-23-9-17(10-24(35-2)28(23)36-3)25-18-11-21-22(38-15-37-21)12-19(18)27(32)20(14-31)26(25)29(33)30-13-16-7-5-4-6-8-16/h4-12,20,25-27,31-32H,13-15H2,1-3H3,(H,30,33)/t20-,25+,26-,27-/m0/s1. The summed E-state index contributed by atoms with van der Waals surface area (Å²) in [4.78, 5) is 13.9. The van der Waals surface area contributed by atoms with Crippen LogP contribution in [0.2, 0.25) is 0 Å². The van der Waals surface area contributed by atoms with Gasteiger partial charge in [0.2, 0.25) is 18.4 Å². The predicted octanol–water partition coefficient (Wildman–Crippen LogP) is 3.16. The van der Waals surface area contributed by atoms with Crippen LogP contribution in [-0.4, -0.2) is 50.8 Å². The fraction of sp³-hybridized carbons (Fsp3) is 0.345. The first-order chi connectivity index (χ1) is 18.5. The molecule has 0 saturated carbocycles. The maximum atomic E-state index is 13.9. The normalized spacial score (nSPS) is 21.4. The van der Waals surface area contributed by atoms with Gasteiger partial charge in [0.1, 0.15) is 0 Å². The Kier molecular flexibility index (Phi) is 7.31. The number of nitrogens with one attached hydrogen (secondary N) is 1. The van der Waals surface area contributed by atoms with Gasteiger partial charge in [0, 0.05) is 25.0 Å². The number of rotatable bonds is 8. The molecule has 0 bridgehead atoms. The van der Waals surface area contributed by atoms with E-state index >= 15 is 0 Å². The second-order valence-electron chi connectivity index (χ2n) is 9.29. The van der Waals surface area contributed by atoms with E-state index in [9.17, 15) is 15.0 Å². The minimum absolute atomic E-state index is 0.0631. The van der Waals surface area contributed by atoms with E-state index in [0.29, 0.717) is 52.0 Å². The molecule has 3 aromatic rings. The quantitative estimate of drug-likeness (QED) is 0.414. The van der Waals surface area contributed by atoms with Crippen molar-refractivity contribution in [2.45, 2.75) is 18.6 Å². The smallest absolute Gasteiger partial charge is 0.231 e. The van der Waals surface area contributed by atoms with Gasteiger partial charge >= 0.3 is 0 Å². The molecule has 9 nitrogen and oxygen atoms in total. The highest BCUT2D eigenvalue weighted by Crippen LogP contribution is 2.53. The molecule has 0 unspecified atom stereocenters. The van der Waals surface area contributed by atoms with E-state index in [1.165, 1.54) is 21.3 Å². The van der Waals surface area contributed by atoms with Crippen molar-refractivity contribution in [3.8, 4) is 28.7 Å². The molecule has 200 valence electrons. The van der Waals surface area contributed by atoms with Crippen LogP contribution >= 0.6 is 0 Å². The summed E-state index contributed by atoms with van der Waals surface area (Å²) >= 11 is 0. The lowest BCUT2D eigenvalue weighted by Crippen LogP contribution is -2.45. The van der Waals surface area contributed by atoms with Crippen molar-refractivity contribution in [1.82, 2.24) is 5.32 Å². The van der Waals surface area contributed by atoms with Gasteiger partial charge in [-0.05, 0) is 46.5 Å². The number of benzene rings is 3. The predicted molar refractivity (Wildman–Crippen MR) is 138 cm³/mol. The first kappa shape index (κ1) is 25.7. The molecule has 9 heteroatoms. The van der Waals surface area contributed by atoms with Crippen molar-refractivity contribution in [2.75, 3.05) is 34.7 Å². The van der Waals surface area contributed by atoms with Gasteiger partial charge in [-0.3, -0.25) is 4.79 Å². The molecule has 3 N–H and O–H groups in total. The van der Waals surface area contributed by atoms with Gasteiger partial charge in [0.25, 0.3) is 0 Å². The second-order valence-corrected chi connectivity index (χ2v) is 9.29. The number of hydrogen-bond donors (Lipinski definition) is 3. The number of amides is 1. The highest BCUT2D eigenvalue weighted by atomic mass is 16.7. The summed E-state index contributed by atoms with van der Waals surface area (Å²) in [6, 6.07) is 16.7. The molecule has 0 saturated heterocycles. The molecule has 4 atom stereocenters. The minimum Gasteiger partial charge on any atom is -0.493 e. The Labute approximate surface area is 220 Å². The van der Waals surface area contributed by atoms with Crippen molar-refractivity contribution < 1.29 is 38.7 Å². The van der Waals surface area contributed by atoms with Crippen LogP contribution in [0.3, 0.4) is 0 Å². The van der Waals surface area contributed by atoms with Crippen LogP contribution in [0, 0.1) is 11.8 Å². The molecule has 38 heavy (non-hydrogen) atoms. The van der Waals surface area contributed by atoms with Crippen molar-refractivity contribution in [2.24, 2.45) is 11.8 Å². The van der Waals surface area contributed by atoms with E-state index < -0.39 is 30.5 Å². The van der Waals surface area contributed by atoms with Gasteiger partial charge in [-0.2, -0.15) is 0 Å². The Morgan fingerprint density at radius 2 is 1.58 bits per heavy atom. The number of carbonyl (C=O) groups excluding carboxylic acids is 1. The summed E-state index contributed by atoms with van der Waals surface area (Å²) < 4.78 is 27.9. The maximum absolute atomic E-state index is 13.9. The van der Waals surface area contributed by atoms with Crippen molar-refractivity contribution in [3.63, 3.8) is 0 Å². The lowest BCUT2D eigenvalue weighted by Gasteiger charge is -2.41. The SMILES string of the molecule is COc1cc([C@@H]2c3cc4c(cc3[C@H](O)[C@@H](CO)[C@@H]2C(=O)NCc2ccccc2)OCO4)cc(OC)c1OC. The molecule has 1 amide bonds. The number of ether oxygens (including phenoxy) is 5. The summed E-state index contributed by atoms with van der Waals surface area (Å²) in [5.74, 6) is -0.173. The topological polar surface area (TPSA) is 116 Å². The van der Waals surface area contributed by atoms with Crippen LogP contribution in [-0.2, 0) is 11.3 Å². The Morgan fingerprint density at radius 1 is 0.947 bits per heavy atom. The molecule has 1 aliphatic carbocycles. The third kappa shape index (κ3) is 4.48.